The van der Waals surface area contributed by atoms with Crippen molar-refractivity contribution < 1.29 is 9.42 Å². The summed E-state index contributed by atoms with van der Waals surface area (Å²) in [4.78, 5) is 2.30. The molecule has 132 valence electrons. The van der Waals surface area contributed by atoms with Crippen LogP contribution in [0.4, 0.5) is 5.82 Å². The summed E-state index contributed by atoms with van der Waals surface area (Å²) in [6.07, 6.45) is 2.13. The molecule has 0 bridgehead atoms. The Morgan fingerprint density at radius 2 is 1.69 bits per heavy atom. The van der Waals surface area contributed by atoms with Gasteiger partial charge in [-0.2, -0.15) is 0 Å². The van der Waals surface area contributed by atoms with Crippen LogP contribution >= 0.6 is 15.9 Å². The Morgan fingerprint density at radius 3 is 2.42 bits per heavy atom. The van der Waals surface area contributed by atoms with Crippen molar-refractivity contribution in [3.63, 3.8) is 0 Å². The molecule has 4 nitrogen and oxygen atoms in total. The van der Waals surface area contributed by atoms with Gasteiger partial charge in [-0.15, -0.1) is 0 Å². The highest BCUT2D eigenvalue weighted by molar-refractivity contribution is 9.10. The second kappa shape index (κ2) is 7.98. The minimum absolute atomic E-state index is 0.741. The first-order valence-corrected chi connectivity index (χ1v) is 9.62. The van der Waals surface area contributed by atoms with Gasteiger partial charge in [0.05, 0.1) is 18.8 Å². The highest BCUT2D eigenvalue weighted by atomic mass is 79.9. The fourth-order valence-electron chi connectivity index (χ4n) is 3.12. The number of nitrogens with zero attached hydrogens (tertiary/aromatic N) is 3. The third-order valence-electron chi connectivity index (χ3n) is 4.50. The Labute approximate surface area is 162 Å². The van der Waals surface area contributed by atoms with Crippen molar-refractivity contribution in [2.45, 2.75) is 6.54 Å². The van der Waals surface area contributed by atoms with Gasteiger partial charge >= 0.3 is 0 Å². The van der Waals surface area contributed by atoms with Gasteiger partial charge in [0.1, 0.15) is 0 Å². The van der Waals surface area contributed by atoms with Gasteiger partial charge in [0, 0.05) is 34.3 Å². The zero-order valence-electron chi connectivity index (χ0n) is 14.5. The maximum absolute atomic E-state index is 5.49. The van der Waals surface area contributed by atoms with E-state index in [-0.39, 0.29) is 0 Å². The van der Waals surface area contributed by atoms with Crippen LogP contribution in [0.3, 0.4) is 0 Å². The van der Waals surface area contributed by atoms with Crippen molar-refractivity contribution in [2.75, 3.05) is 31.2 Å². The smallest absolute Gasteiger partial charge is 0.204 e. The molecule has 0 aliphatic carbocycles. The Morgan fingerprint density at radius 1 is 0.962 bits per heavy atom. The first-order chi connectivity index (χ1) is 12.8. The molecular formula is C21H21BrN3O+. The van der Waals surface area contributed by atoms with Gasteiger partial charge in [0.2, 0.25) is 6.20 Å². The predicted octanol–water partition coefficient (Wildman–Crippen LogP) is 3.68. The summed E-state index contributed by atoms with van der Waals surface area (Å²) in [7, 11) is 0. The number of hydrogen-bond donors (Lipinski definition) is 0. The van der Waals surface area contributed by atoms with E-state index >= 15 is 0 Å². The van der Waals surface area contributed by atoms with Crippen LogP contribution in [0.2, 0.25) is 0 Å². The summed E-state index contributed by atoms with van der Waals surface area (Å²) in [5.41, 5.74) is 3.61. The third kappa shape index (κ3) is 4.11. The third-order valence-corrected chi connectivity index (χ3v) is 5.03. The van der Waals surface area contributed by atoms with Crippen LogP contribution in [0, 0.1) is 0 Å². The van der Waals surface area contributed by atoms with E-state index in [4.69, 9.17) is 9.84 Å². The fraction of sp³-hybridized carbons (Fsp3) is 0.238. The summed E-state index contributed by atoms with van der Waals surface area (Å²) < 4.78 is 8.62. The van der Waals surface area contributed by atoms with Crippen LogP contribution in [0.1, 0.15) is 5.56 Å². The van der Waals surface area contributed by atoms with E-state index in [9.17, 15) is 0 Å². The Bertz CT molecular complexity index is 862. The van der Waals surface area contributed by atoms with Crippen LogP contribution in [-0.2, 0) is 11.3 Å². The van der Waals surface area contributed by atoms with E-state index in [1.54, 1.807) is 0 Å². The van der Waals surface area contributed by atoms with Gasteiger partial charge < -0.3 is 9.64 Å². The van der Waals surface area contributed by atoms with Crippen molar-refractivity contribution in [1.82, 2.24) is 5.10 Å². The molecule has 1 aliphatic rings. The molecule has 0 saturated carbocycles. The monoisotopic (exact) mass is 410 g/mol. The van der Waals surface area contributed by atoms with E-state index in [0.29, 0.717) is 0 Å². The number of ether oxygens (including phenoxy) is 1. The summed E-state index contributed by atoms with van der Waals surface area (Å²) in [6, 6.07) is 21.0. The summed E-state index contributed by atoms with van der Waals surface area (Å²) in [5.74, 6) is 1.01. The number of halogens is 1. The molecule has 1 aromatic heterocycles. The molecule has 0 unspecified atom stereocenters. The minimum Gasteiger partial charge on any atom is -0.378 e. The first kappa shape index (κ1) is 17.2. The van der Waals surface area contributed by atoms with Crippen LogP contribution in [0.15, 0.2) is 71.3 Å². The number of morpholine rings is 1. The minimum atomic E-state index is 0.741. The number of hydrogen-bond acceptors (Lipinski definition) is 3. The second-order valence-electron chi connectivity index (χ2n) is 6.38. The predicted molar refractivity (Wildman–Crippen MR) is 106 cm³/mol. The van der Waals surface area contributed by atoms with Gasteiger partial charge in [-0.05, 0) is 17.7 Å². The van der Waals surface area contributed by atoms with Crippen LogP contribution < -0.4 is 9.58 Å². The van der Waals surface area contributed by atoms with E-state index in [2.05, 4.69) is 81.6 Å². The average Bonchev–Trinajstić information content (AvgIpc) is 2.71. The molecule has 0 radical (unpaired) electrons. The first-order valence-electron chi connectivity index (χ1n) is 8.82. The fourth-order valence-corrected chi connectivity index (χ4v) is 3.38. The molecule has 26 heavy (non-hydrogen) atoms. The molecule has 5 heteroatoms. The molecule has 2 aromatic carbocycles. The number of benzene rings is 2. The number of rotatable bonds is 4. The zero-order chi connectivity index (χ0) is 17.8. The van der Waals surface area contributed by atoms with E-state index in [1.165, 1.54) is 16.7 Å². The molecule has 0 amide bonds. The molecule has 1 fully saturated rings. The van der Waals surface area contributed by atoms with Crippen molar-refractivity contribution in [3.05, 3.63) is 76.9 Å². The van der Waals surface area contributed by atoms with E-state index < -0.39 is 0 Å². The lowest BCUT2D eigenvalue weighted by Crippen LogP contribution is -2.43. The van der Waals surface area contributed by atoms with Gasteiger partial charge in [-0.3, -0.25) is 0 Å². The molecular weight excluding hydrogens is 390 g/mol. The maximum Gasteiger partial charge on any atom is 0.204 e. The van der Waals surface area contributed by atoms with Gasteiger partial charge in [0.15, 0.2) is 12.4 Å². The SMILES string of the molecule is Brc1ccc(C[n+]2cc(-c3ccccc3)cc(N3CCOCC3)n2)cc1. The molecule has 0 N–H and O–H groups in total. The Balaban J connectivity index is 1.70. The summed E-state index contributed by atoms with van der Waals surface area (Å²) in [6.45, 7) is 4.01. The van der Waals surface area contributed by atoms with Gasteiger partial charge in [-0.25, -0.2) is 0 Å². The number of anilines is 1. The molecule has 0 atom stereocenters. The molecule has 1 saturated heterocycles. The van der Waals surface area contributed by atoms with Gasteiger partial charge in [-0.1, -0.05) is 63.1 Å². The lowest BCUT2D eigenvalue weighted by Gasteiger charge is -2.26. The van der Waals surface area contributed by atoms with Crippen molar-refractivity contribution in [3.8, 4) is 11.1 Å². The van der Waals surface area contributed by atoms with E-state index in [1.807, 2.05) is 10.7 Å². The highest BCUT2D eigenvalue weighted by Crippen LogP contribution is 2.22. The molecule has 2 heterocycles. The van der Waals surface area contributed by atoms with E-state index in [0.717, 1.165) is 43.1 Å². The topological polar surface area (TPSA) is 29.2 Å². The van der Waals surface area contributed by atoms with Crippen molar-refractivity contribution in [1.29, 1.82) is 0 Å². The molecule has 0 spiro atoms. The molecule has 4 rings (SSSR count). The van der Waals surface area contributed by atoms with Crippen molar-refractivity contribution >= 4 is 21.7 Å². The molecule has 3 aromatic rings. The summed E-state index contributed by atoms with van der Waals surface area (Å²) >= 11 is 3.50. The second-order valence-corrected chi connectivity index (χ2v) is 7.29. The maximum atomic E-state index is 5.49. The van der Waals surface area contributed by atoms with Crippen LogP contribution in [-0.4, -0.2) is 31.4 Å². The average molecular weight is 411 g/mol. The standard InChI is InChI=1S/C21H21BrN3O/c22-20-8-6-17(7-9-20)15-25-16-19(18-4-2-1-3-5-18)14-21(23-25)24-10-12-26-13-11-24/h1-9,14,16H,10-13,15H2/q+1. The number of aromatic nitrogens is 2. The quantitative estimate of drug-likeness (QED) is 0.614. The zero-order valence-corrected chi connectivity index (χ0v) is 16.1. The normalized spacial score (nSPS) is 14.4. The highest BCUT2D eigenvalue weighted by Gasteiger charge is 2.19. The van der Waals surface area contributed by atoms with Gasteiger partial charge in [0.25, 0.3) is 0 Å². The van der Waals surface area contributed by atoms with Crippen LogP contribution in [0.5, 0.6) is 0 Å². The van der Waals surface area contributed by atoms with Crippen LogP contribution in [0.25, 0.3) is 11.1 Å². The summed E-state index contributed by atoms with van der Waals surface area (Å²) in [5, 5.41) is 4.88. The lowest BCUT2D eigenvalue weighted by molar-refractivity contribution is -0.744. The Kier molecular flexibility index (Phi) is 5.27. The largest absolute Gasteiger partial charge is 0.378 e. The lowest BCUT2D eigenvalue weighted by atomic mass is 10.1. The molecule has 1 aliphatic heterocycles. The Hall–Kier alpha value is -2.24. The van der Waals surface area contributed by atoms with Crippen molar-refractivity contribution in [2.24, 2.45) is 0 Å².